The van der Waals surface area contributed by atoms with Crippen molar-refractivity contribution in [2.45, 2.75) is 12.5 Å². The van der Waals surface area contributed by atoms with Gasteiger partial charge in [-0.3, -0.25) is 14.7 Å². The van der Waals surface area contributed by atoms with Crippen LogP contribution in [0.15, 0.2) is 106 Å². The SMILES string of the molecule is Cn1c(-c2ccc(-c3ccco3)cc2)cnc1[C@H](Cc1ccccn1)N(C=O)c1cc2cc(Cl)ccc2o1. The topological polar surface area (TPSA) is 77.3 Å². The Morgan fingerprint density at radius 1 is 1.00 bits per heavy atom. The third kappa shape index (κ3) is 4.48. The van der Waals surface area contributed by atoms with Gasteiger partial charge < -0.3 is 13.4 Å². The molecule has 8 heteroatoms. The Balaban J connectivity index is 1.40. The van der Waals surface area contributed by atoms with Crippen molar-refractivity contribution in [2.75, 3.05) is 4.90 Å². The van der Waals surface area contributed by atoms with Crippen molar-refractivity contribution >= 4 is 34.9 Å². The van der Waals surface area contributed by atoms with E-state index in [9.17, 15) is 4.79 Å². The number of amides is 1. The first-order chi connectivity index (χ1) is 18.6. The molecule has 0 saturated heterocycles. The molecule has 0 fully saturated rings. The zero-order valence-corrected chi connectivity index (χ0v) is 21.2. The normalized spacial score (nSPS) is 12.1. The summed E-state index contributed by atoms with van der Waals surface area (Å²) >= 11 is 6.18. The molecular formula is C30H23ClN4O3. The second-order valence-electron chi connectivity index (χ2n) is 8.94. The zero-order valence-electron chi connectivity index (χ0n) is 20.5. The van der Waals surface area contributed by atoms with Gasteiger partial charge in [-0.25, -0.2) is 4.98 Å². The van der Waals surface area contributed by atoms with Gasteiger partial charge in [0.1, 0.15) is 23.2 Å². The number of halogens is 1. The number of hydrogen-bond donors (Lipinski definition) is 0. The maximum atomic E-state index is 12.6. The van der Waals surface area contributed by atoms with Crippen LogP contribution in [0.1, 0.15) is 17.6 Å². The lowest BCUT2D eigenvalue weighted by Crippen LogP contribution is -2.31. The predicted molar refractivity (Wildman–Crippen MR) is 147 cm³/mol. The molecule has 0 aliphatic carbocycles. The van der Waals surface area contributed by atoms with E-state index < -0.39 is 6.04 Å². The first-order valence-corrected chi connectivity index (χ1v) is 12.5. The van der Waals surface area contributed by atoms with E-state index in [-0.39, 0.29) is 0 Å². The third-order valence-electron chi connectivity index (χ3n) is 6.61. The highest BCUT2D eigenvalue weighted by atomic mass is 35.5. The van der Waals surface area contributed by atoms with Crippen LogP contribution in [0.2, 0.25) is 5.02 Å². The fourth-order valence-corrected chi connectivity index (χ4v) is 4.87. The predicted octanol–water partition coefficient (Wildman–Crippen LogP) is 7.09. The van der Waals surface area contributed by atoms with Crippen molar-refractivity contribution < 1.29 is 13.6 Å². The molecule has 0 aliphatic rings. The summed E-state index contributed by atoms with van der Waals surface area (Å²) in [6.45, 7) is 0. The summed E-state index contributed by atoms with van der Waals surface area (Å²) < 4.78 is 13.6. The minimum absolute atomic E-state index is 0.408. The van der Waals surface area contributed by atoms with Gasteiger partial charge in [-0.15, -0.1) is 0 Å². The first kappa shape index (κ1) is 23.8. The highest BCUT2D eigenvalue weighted by Gasteiger charge is 2.29. The smallest absolute Gasteiger partial charge is 0.217 e. The Hall–Kier alpha value is -4.62. The maximum absolute atomic E-state index is 12.6. The molecule has 188 valence electrons. The van der Waals surface area contributed by atoms with E-state index in [4.69, 9.17) is 25.4 Å². The van der Waals surface area contributed by atoms with E-state index in [0.717, 1.165) is 40.1 Å². The minimum Gasteiger partial charge on any atom is -0.464 e. The highest BCUT2D eigenvalue weighted by Crippen LogP contribution is 2.35. The summed E-state index contributed by atoms with van der Waals surface area (Å²) in [5.74, 6) is 1.92. The zero-order chi connectivity index (χ0) is 26.1. The summed E-state index contributed by atoms with van der Waals surface area (Å²) in [4.78, 5) is 23.4. The maximum Gasteiger partial charge on any atom is 0.217 e. The number of aromatic nitrogens is 3. The molecule has 7 nitrogen and oxygen atoms in total. The van der Waals surface area contributed by atoms with Gasteiger partial charge >= 0.3 is 0 Å². The molecule has 4 heterocycles. The quantitative estimate of drug-likeness (QED) is 0.199. The van der Waals surface area contributed by atoms with Gasteiger partial charge in [0.05, 0.1) is 18.2 Å². The molecule has 4 aromatic heterocycles. The van der Waals surface area contributed by atoms with Gasteiger partial charge in [0.25, 0.3) is 0 Å². The molecule has 0 saturated carbocycles. The Labute approximate surface area is 223 Å². The molecule has 0 bridgehead atoms. The van der Waals surface area contributed by atoms with Crippen LogP contribution in [-0.2, 0) is 18.3 Å². The number of hydrogen-bond acceptors (Lipinski definition) is 5. The highest BCUT2D eigenvalue weighted by molar-refractivity contribution is 6.31. The van der Waals surface area contributed by atoms with Gasteiger partial charge in [-0.1, -0.05) is 41.9 Å². The standard InChI is InChI=1S/C30H23ClN4O3/c1-34-26(20-7-9-21(10-8-20)27-6-4-14-37-27)18-33-30(34)25(17-24-5-2-3-13-32-24)35(19-36)29-16-22-15-23(31)11-12-28(22)38-29/h2-16,18-19,25H,17H2,1H3/t25-/m0/s1. The Kier molecular flexibility index (Phi) is 6.27. The number of rotatable bonds is 8. The molecule has 2 aromatic carbocycles. The second kappa shape index (κ2) is 10.0. The van der Waals surface area contributed by atoms with Crippen LogP contribution in [-0.4, -0.2) is 20.9 Å². The molecule has 0 N–H and O–H groups in total. The Morgan fingerprint density at radius 2 is 1.84 bits per heavy atom. The number of pyridine rings is 1. The fourth-order valence-electron chi connectivity index (χ4n) is 4.69. The number of anilines is 1. The van der Waals surface area contributed by atoms with Crippen LogP contribution in [0.3, 0.4) is 0 Å². The average molecular weight is 523 g/mol. The van der Waals surface area contributed by atoms with E-state index in [1.165, 1.54) is 0 Å². The summed E-state index contributed by atoms with van der Waals surface area (Å²) in [7, 11) is 1.95. The molecule has 0 aliphatic heterocycles. The fraction of sp³-hybridized carbons (Fsp3) is 0.100. The summed E-state index contributed by atoms with van der Waals surface area (Å²) in [5.41, 5.74) is 4.38. The second-order valence-corrected chi connectivity index (χ2v) is 9.37. The van der Waals surface area contributed by atoms with Gasteiger partial charge in [0.2, 0.25) is 12.3 Å². The van der Waals surface area contributed by atoms with Crippen LogP contribution >= 0.6 is 11.6 Å². The van der Waals surface area contributed by atoms with Gasteiger partial charge in [-0.2, -0.15) is 0 Å². The lowest BCUT2D eigenvalue weighted by Gasteiger charge is -2.26. The molecule has 1 amide bonds. The van der Waals surface area contributed by atoms with E-state index >= 15 is 0 Å². The molecule has 6 rings (SSSR count). The first-order valence-electron chi connectivity index (χ1n) is 12.1. The van der Waals surface area contributed by atoms with Crippen LogP contribution in [0.25, 0.3) is 33.6 Å². The molecule has 38 heavy (non-hydrogen) atoms. The number of imidazole rings is 1. The van der Waals surface area contributed by atoms with Gasteiger partial charge in [-0.05, 0) is 48.0 Å². The monoisotopic (exact) mass is 522 g/mol. The number of furan rings is 2. The summed E-state index contributed by atoms with van der Waals surface area (Å²) in [6.07, 6.45) is 6.45. The lowest BCUT2D eigenvalue weighted by atomic mass is 10.1. The van der Waals surface area contributed by atoms with Crippen molar-refractivity contribution in [3.8, 4) is 22.6 Å². The number of fused-ring (bicyclic) bond motifs is 1. The van der Waals surface area contributed by atoms with E-state index in [0.29, 0.717) is 28.7 Å². The van der Waals surface area contributed by atoms with Gasteiger partial charge in [0, 0.05) is 47.4 Å². The molecule has 0 spiro atoms. The minimum atomic E-state index is -0.473. The van der Waals surface area contributed by atoms with E-state index in [1.54, 1.807) is 29.5 Å². The largest absolute Gasteiger partial charge is 0.464 e. The summed E-state index contributed by atoms with van der Waals surface area (Å²) in [5, 5.41) is 1.41. The number of carbonyl (C=O) groups is 1. The van der Waals surface area contributed by atoms with E-state index in [2.05, 4.69) is 4.98 Å². The molecular weight excluding hydrogens is 500 g/mol. The number of carbonyl (C=O) groups excluding carboxylic acids is 1. The van der Waals surface area contributed by atoms with Gasteiger partial charge in [0.15, 0.2) is 0 Å². The number of benzene rings is 2. The van der Waals surface area contributed by atoms with Crippen LogP contribution in [0, 0.1) is 0 Å². The third-order valence-corrected chi connectivity index (χ3v) is 6.84. The Morgan fingerprint density at radius 3 is 2.58 bits per heavy atom. The summed E-state index contributed by atoms with van der Waals surface area (Å²) in [6, 6.07) is 24.3. The number of nitrogens with zero attached hydrogens (tertiary/aromatic N) is 4. The van der Waals surface area contributed by atoms with Crippen molar-refractivity contribution in [3.05, 3.63) is 114 Å². The molecule has 0 unspecified atom stereocenters. The average Bonchev–Trinajstić information content (AvgIpc) is 3.69. The van der Waals surface area contributed by atoms with Crippen molar-refractivity contribution in [3.63, 3.8) is 0 Å². The van der Waals surface area contributed by atoms with Crippen molar-refractivity contribution in [1.29, 1.82) is 0 Å². The molecule has 1 atom stereocenters. The van der Waals surface area contributed by atoms with Crippen LogP contribution in [0.5, 0.6) is 0 Å². The Bertz CT molecular complexity index is 1690. The molecule has 0 radical (unpaired) electrons. The van der Waals surface area contributed by atoms with Crippen molar-refractivity contribution in [2.24, 2.45) is 7.05 Å². The van der Waals surface area contributed by atoms with Crippen LogP contribution < -0.4 is 4.90 Å². The lowest BCUT2D eigenvalue weighted by molar-refractivity contribution is -0.108. The van der Waals surface area contributed by atoms with Crippen LogP contribution in [0.4, 0.5) is 5.88 Å². The molecule has 6 aromatic rings. The van der Waals surface area contributed by atoms with E-state index in [1.807, 2.05) is 84.5 Å². The van der Waals surface area contributed by atoms with Crippen molar-refractivity contribution in [1.82, 2.24) is 14.5 Å².